The molecule has 0 bridgehead atoms. The zero-order valence-electron chi connectivity index (χ0n) is 9.53. The van der Waals surface area contributed by atoms with Gasteiger partial charge in [-0.3, -0.25) is 4.79 Å². The molecule has 3 nitrogen and oxygen atoms in total. The maximum Gasteiger partial charge on any atom is 0.209 e. The summed E-state index contributed by atoms with van der Waals surface area (Å²) in [4.78, 5) is 15.5. The largest absolute Gasteiger partial charge is 0.341 e. The van der Waals surface area contributed by atoms with Crippen LogP contribution in [-0.4, -0.2) is 48.4 Å². The van der Waals surface area contributed by atoms with Gasteiger partial charge in [0.1, 0.15) is 0 Å². The summed E-state index contributed by atoms with van der Waals surface area (Å²) >= 11 is 0. The summed E-state index contributed by atoms with van der Waals surface area (Å²) in [5.41, 5.74) is 0. The number of carbonyl (C=O) groups excluding carboxylic acids is 1. The quantitative estimate of drug-likeness (QED) is 0.659. The number of hydrogen-bond donors (Lipinski definition) is 0. The molecule has 15 heavy (non-hydrogen) atoms. The molecule has 2 saturated heterocycles. The molecular formula is C12H22N2O. The second kappa shape index (κ2) is 5.50. The third kappa shape index (κ3) is 2.94. The summed E-state index contributed by atoms with van der Waals surface area (Å²) in [7, 11) is 0. The fraction of sp³-hybridized carbons (Fsp3) is 0.917. The van der Waals surface area contributed by atoms with Crippen molar-refractivity contribution in [1.29, 1.82) is 0 Å². The van der Waals surface area contributed by atoms with Gasteiger partial charge < -0.3 is 9.80 Å². The van der Waals surface area contributed by atoms with Crippen LogP contribution >= 0.6 is 0 Å². The van der Waals surface area contributed by atoms with Crippen molar-refractivity contribution >= 4 is 6.41 Å². The molecule has 0 radical (unpaired) electrons. The van der Waals surface area contributed by atoms with E-state index in [9.17, 15) is 4.79 Å². The van der Waals surface area contributed by atoms with Crippen molar-refractivity contribution < 1.29 is 4.79 Å². The predicted octanol–water partition coefficient (Wildman–Crippen LogP) is 1.48. The zero-order valence-corrected chi connectivity index (χ0v) is 9.53. The number of piperidine rings is 2. The Hall–Kier alpha value is -0.570. The van der Waals surface area contributed by atoms with Crippen molar-refractivity contribution in [3.63, 3.8) is 0 Å². The van der Waals surface area contributed by atoms with Crippen molar-refractivity contribution in [2.75, 3.05) is 26.2 Å². The Balaban J connectivity index is 1.82. The van der Waals surface area contributed by atoms with Crippen LogP contribution in [0.25, 0.3) is 0 Å². The number of nitrogens with zero attached hydrogens (tertiary/aromatic N) is 2. The molecule has 1 atom stereocenters. The average molecular weight is 210 g/mol. The minimum absolute atomic E-state index is 0.495. The van der Waals surface area contributed by atoms with Crippen LogP contribution in [-0.2, 0) is 4.79 Å². The number of carbonyl (C=O) groups is 1. The van der Waals surface area contributed by atoms with Crippen LogP contribution in [0.5, 0.6) is 0 Å². The van der Waals surface area contributed by atoms with E-state index >= 15 is 0 Å². The zero-order chi connectivity index (χ0) is 10.5. The Bertz CT molecular complexity index is 202. The van der Waals surface area contributed by atoms with E-state index in [-0.39, 0.29) is 0 Å². The highest BCUT2D eigenvalue weighted by Crippen LogP contribution is 2.18. The molecule has 2 aliphatic heterocycles. The summed E-state index contributed by atoms with van der Waals surface area (Å²) in [6.07, 6.45) is 8.81. The first kappa shape index (κ1) is 10.9. The Morgan fingerprint density at radius 2 is 1.73 bits per heavy atom. The van der Waals surface area contributed by atoms with E-state index in [0.717, 1.165) is 19.5 Å². The summed E-state index contributed by atoms with van der Waals surface area (Å²) in [5.74, 6) is 0. The van der Waals surface area contributed by atoms with Gasteiger partial charge in [-0.05, 0) is 45.2 Å². The van der Waals surface area contributed by atoms with Crippen LogP contribution in [0.15, 0.2) is 0 Å². The summed E-state index contributed by atoms with van der Waals surface area (Å²) in [6, 6.07) is 0.495. The fourth-order valence-electron chi connectivity index (χ4n) is 2.80. The molecular weight excluding hydrogens is 188 g/mol. The van der Waals surface area contributed by atoms with Gasteiger partial charge in [0, 0.05) is 19.1 Å². The topological polar surface area (TPSA) is 23.6 Å². The van der Waals surface area contributed by atoms with Crippen LogP contribution in [0, 0.1) is 0 Å². The lowest BCUT2D eigenvalue weighted by Crippen LogP contribution is -2.47. The molecule has 2 heterocycles. The maximum absolute atomic E-state index is 10.9. The van der Waals surface area contributed by atoms with Gasteiger partial charge in [-0.2, -0.15) is 0 Å². The van der Waals surface area contributed by atoms with Crippen molar-refractivity contribution in [2.45, 2.75) is 44.6 Å². The highest BCUT2D eigenvalue weighted by Gasteiger charge is 2.23. The van der Waals surface area contributed by atoms with Crippen LogP contribution in [0.3, 0.4) is 0 Å². The summed E-state index contributed by atoms with van der Waals surface area (Å²) in [6.45, 7) is 4.56. The minimum Gasteiger partial charge on any atom is -0.341 e. The number of likely N-dealkylation sites (tertiary alicyclic amines) is 2. The lowest BCUT2D eigenvalue weighted by atomic mass is 10.0. The number of hydrogen-bond acceptors (Lipinski definition) is 2. The Kier molecular flexibility index (Phi) is 4.01. The minimum atomic E-state index is 0.495. The van der Waals surface area contributed by atoms with Gasteiger partial charge in [-0.1, -0.05) is 6.42 Å². The summed E-state index contributed by atoms with van der Waals surface area (Å²) in [5, 5.41) is 0. The second-order valence-corrected chi connectivity index (χ2v) is 4.85. The molecule has 86 valence electrons. The Morgan fingerprint density at radius 3 is 2.47 bits per heavy atom. The Morgan fingerprint density at radius 1 is 1.00 bits per heavy atom. The van der Waals surface area contributed by atoms with Gasteiger partial charge in [-0.25, -0.2) is 0 Å². The third-order valence-corrected chi connectivity index (χ3v) is 3.73. The van der Waals surface area contributed by atoms with Crippen molar-refractivity contribution in [3.05, 3.63) is 0 Å². The summed E-state index contributed by atoms with van der Waals surface area (Å²) < 4.78 is 0. The van der Waals surface area contributed by atoms with Gasteiger partial charge in [0.15, 0.2) is 0 Å². The monoisotopic (exact) mass is 210 g/mol. The highest BCUT2D eigenvalue weighted by atomic mass is 16.1. The Labute approximate surface area is 92.4 Å². The molecule has 1 amide bonds. The average Bonchev–Trinajstić information content (AvgIpc) is 2.31. The molecule has 0 saturated carbocycles. The molecule has 0 aliphatic carbocycles. The third-order valence-electron chi connectivity index (χ3n) is 3.73. The highest BCUT2D eigenvalue weighted by molar-refractivity contribution is 5.48. The first-order chi connectivity index (χ1) is 7.40. The van der Waals surface area contributed by atoms with E-state index in [0.29, 0.717) is 6.04 Å². The predicted molar refractivity (Wildman–Crippen MR) is 60.7 cm³/mol. The van der Waals surface area contributed by atoms with Gasteiger partial charge in [-0.15, -0.1) is 0 Å². The smallest absolute Gasteiger partial charge is 0.209 e. The van der Waals surface area contributed by atoms with Gasteiger partial charge in [0.25, 0.3) is 0 Å². The standard InChI is InChI=1S/C12H22N2O/c15-11-14-9-5-2-6-12(14)10-13-7-3-1-4-8-13/h11-12H,1-10H2. The maximum atomic E-state index is 10.9. The van der Waals surface area contributed by atoms with Crippen LogP contribution in [0.1, 0.15) is 38.5 Å². The first-order valence-electron chi connectivity index (χ1n) is 6.33. The van der Waals surface area contributed by atoms with Gasteiger partial charge in [0.05, 0.1) is 0 Å². The lowest BCUT2D eigenvalue weighted by molar-refractivity contribution is -0.121. The van der Waals surface area contributed by atoms with E-state index in [1.165, 1.54) is 51.6 Å². The SMILES string of the molecule is O=CN1CCCCC1CN1CCCCC1. The molecule has 0 spiro atoms. The molecule has 2 aliphatic rings. The molecule has 1 unspecified atom stereocenters. The molecule has 2 fully saturated rings. The van der Waals surface area contributed by atoms with Crippen LogP contribution in [0.4, 0.5) is 0 Å². The molecule has 3 heteroatoms. The first-order valence-corrected chi connectivity index (χ1v) is 6.33. The van der Waals surface area contributed by atoms with E-state index < -0.39 is 0 Å². The van der Waals surface area contributed by atoms with E-state index in [1.54, 1.807) is 0 Å². The molecule has 2 rings (SSSR count). The van der Waals surface area contributed by atoms with E-state index in [2.05, 4.69) is 4.90 Å². The lowest BCUT2D eigenvalue weighted by Gasteiger charge is -2.37. The van der Waals surface area contributed by atoms with Crippen molar-refractivity contribution in [2.24, 2.45) is 0 Å². The normalized spacial score (nSPS) is 29.1. The molecule has 0 aromatic rings. The molecule has 0 aromatic carbocycles. The van der Waals surface area contributed by atoms with Crippen LogP contribution < -0.4 is 0 Å². The fourth-order valence-corrected chi connectivity index (χ4v) is 2.80. The molecule has 0 N–H and O–H groups in total. The van der Waals surface area contributed by atoms with Gasteiger partial charge in [0.2, 0.25) is 6.41 Å². The van der Waals surface area contributed by atoms with Crippen molar-refractivity contribution in [1.82, 2.24) is 9.80 Å². The molecule has 0 aromatic heterocycles. The van der Waals surface area contributed by atoms with E-state index in [1.807, 2.05) is 4.90 Å². The van der Waals surface area contributed by atoms with Crippen LogP contribution in [0.2, 0.25) is 0 Å². The number of amides is 1. The van der Waals surface area contributed by atoms with E-state index in [4.69, 9.17) is 0 Å². The van der Waals surface area contributed by atoms with Gasteiger partial charge >= 0.3 is 0 Å². The number of rotatable bonds is 3. The second-order valence-electron chi connectivity index (χ2n) is 4.85. The van der Waals surface area contributed by atoms with Crippen molar-refractivity contribution in [3.8, 4) is 0 Å².